The summed E-state index contributed by atoms with van der Waals surface area (Å²) in [6.45, 7) is 1.70. The summed E-state index contributed by atoms with van der Waals surface area (Å²) >= 11 is 0. The van der Waals surface area contributed by atoms with Crippen molar-refractivity contribution in [2.45, 2.75) is 259 Å². The van der Waals surface area contributed by atoms with E-state index < -0.39 is 124 Å². The average Bonchev–Trinajstić information content (AvgIpc) is 3.30. The Labute approximate surface area is 385 Å². The van der Waals surface area contributed by atoms with Crippen molar-refractivity contribution in [2.24, 2.45) is 0 Å². The predicted molar refractivity (Wildman–Crippen MR) is 236 cm³/mol. The minimum Gasteiger partial charge on any atom is -0.394 e. The van der Waals surface area contributed by atoms with E-state index >= 15 is 0 Å². The molecule has 17 atom stereocenters. The molecule has 0 aromatic rings. The third-order valence-corrected chi connectivity index (χ3v) is 12.9. The number of ether oxygens (including phenoxy) is 6. The lowest BCUT2D eigenvalue weighted by Crippen LogP contribution is -2.66. The molecule has 384 valence electrons. The molecule has 17 unspecified atom stereocenters. The highest BCUT2D eigenvalue weighted by Crippen LogP contribution is 2.33. The summed E-state index contributed by atoms with van der Waals surface area (Å²) in [7, 11) is 0. The molecule has 12 N–H and O–H groups in total. The van der Waals surface area contributed by atoms with Crippen LogP contribution in [0.5, 0.6) is 0 Å². The number of hydrogen-bond acceptors (Lipinski definition) is 18. The van der Waals surface area contributed by atoms with E-state index in [-0.39, 0.29) is 18.9 Å². The lowest BCUT2D eigenvalue weighted by Gasteiger charge is -2.48. The molecule has 0 aromatic carbocycles. The molecule has 0 aromatic heterocycles. The lowest BCUT2D eigenvalue weighted by molar-refractivity contribution is -0.379. The van der Waals surface area contributed by atoms with Crippen LogP contribution in [-0.2, 0) is 33.2 Å². The Balaban J connectivity index is 1.57. The fourth-order valence-electron chi connectivity index (χ4n) is 8.72. The van der Waals surface area contributed by atoms with Crippen molar-refractivity contribution in [1.82, 2.24) is 5.32 Å². The van der Waals surface area contributed by atoms with Gasteiger partial charge in [-0.25, -0.2) is 0 Å². The van der Waals surface area contributed by atoms with E-state index in [1.807, 2.05) is 0 Å². The van der Waals surface area contributed by atoms with Crippen LogP contribution in [0.15, 0.2) is 0 Å². The van der Waals surface area contributed by atoms with Crippen LogP contribution in [0.1, 0.15) is 155 Å². The van der Waals surface area contributed by atoms with Crippen LogP contribution in [0.4, 0.5) is 0 Å². The van der Waals surface area contributed by atoms with Crippen LogP contribution in [0.2, 0.25) is 0 Å². The van der Waals surface area contributed by atoms with E-state index in [4.69, 9.17) is 28.4 Å². The fourth-order valence-corrected chi connectivity index (χ4v) is 8.72. The molecule has 3 heterocycles. The van der Waals surface area contributed by atoms with Gasteiger partial charge in [0.05, 0.1) is 38.6 Å². The first-order valence-electron chi connectivity index (χ1n) is 24.8. The van der Waals surface area contributed by atoms with Gasteiger partial charge in [-0.1, -0.05) is 136 Å². The first-order valence-corrected chi connectivity index (χ1v) is 24.8. The van der Waals surface area contributed by atoms with Gasteiger partial charge in [-0.3, -0.25) is 4.79 Å². The third kappa shape index (κ3) is 19.2. The van der Waals surface area contributed by atoms with Crippen LogP contribution in [0.3, 0.4) is 0 Å². The highest BCUT2D eigenvalue weighted by Gasteiger charge is 2.53. The minimum atomic E-state index is -1.97. The SMILES string of the molecule is CCCCCCCCCCCCCCC(O)C(COC1OC(CO)C(OC2OC(CO)C(OC3OC(CO)C(O)C(O)C3O)C(O)C2O)C(O)C1O)NC(=O)CCCCCCCCCC. The number of rotatable bonds is 34. The third-order valence-electron chi connectivity index (χ3n) is 12.9. The number of aliphatic hydroxyl groups is 11. The van der Waals surface area contributed by atoms with Gasteiger partial charge in [-0.05, 0) is 12.8 Å². The van der Waals surface area contributed by atoms with E-state index in [0.717, 1.165) is 44.9 Å². The molecule has 0 saturated carbocycles. The second kappa shape index (κ2) is 32.6. The van der Waals surface area contributed by atoms with Gasteiger partial charge in [0.2, 0.25) is 5.91 Å². The minimum absolute atomic E-state index is 0.250. The molecule has 0 radical (unpaired) electrons. The summed E-state index contributed by atoms with van der Waals surface area (Å²) < 4.78 is 34.1. The lowest BCUT2D eigenvalue weighted by atomic mass is 9.96. The van der Waals surface area contributed by atoms with Gasteiger partial charge in [0.15, 0.2) is 18.9 Å². The van der Waals surface area contributed by atoms with E-state index in [1.165, 1.54) is 77.0 Å². The summed E-state index contributed by atoms with van der Waals surface area (Å²) in [5, 5.41) is 119. The Morgan fingerprint density at radius 3 is 1.34 bits per heavy atom. The Hall–Kier alpha value is -1.21. The monoisotopic (exact) mass is 942 g/mol. The number of unbranched alkanes of at least 4 members (excludes halogenated alkanes) is 18. The largest absolute Gasteiger partial charge is 0.394 e. The van der Waals surface area contributed by atoms with Crippen LogP contribution in [-0.4, -0.2) is 193 Å². The van der Waals surface area contributed by atoms with Gasteiger partial charge in [-0.15, -0.1) is 0 Å². The summed E-state index contributed by atoms with van der Waals surface area (Å²) in [4.78, 5) is 13.1. The first-order chi connectivity index (χ1) is 31.3. The average molecular weight is 942 g/mol. The first kappa shape index (κ1) is 58.1. The van der Waals surface area contributed by atoms with Gasteiger partial charge in [-0.2, -0.15) is 0 Å². The molecule has 0 bridgehead atoms. The summed E-state index contributed by atoms with van der Waals surface area (Å²) in [5.41, 5.74) is 0. The molecule has 0 spiro atoms. The summed E-state index contributed by atoms with van der Waals surface area (Å²) in [5.74, 6) is -0.250. The van der Waals surface area contributed by atoms with Crippen molar-refractivity contribution in [3.8, 4) is 0 Å². The quantitative estimate of drug-likeness (QED) is 0.0399. The van der Waals surface area contributed by atoms with Crippen molar-refractivity contribution < 1.29 is 89.4 Å². The van der Waals surface area contributed by atoms with Crippen molar-refractivity contribution in [3.63, 3.8) is 0 Å². The second-order valence-corrected chi connectivity index (χ2v) is 18.3. The normalized spacial score (nSPS) is 34.1. The van der Waals surface area contributed by atoms with Gasteiger partial charge in [0, 0.05) is 6.42 Å². The fraction of sp³-hybridized carbons (Fsp3) is 0.978. The highest BCUT2D eigenvalue weighted by molar-refractivity contribution is 5.76. The zero-order valence-corrected chi connectivity index (χ0v) is 39.0. The summed E-state index contributed by atoms with van der Waals surface area (Å²) in [6.07, 6.45) is -3.32. The van der Waals surface area contributed by atoms with Crippen molar-refractivity contribution in [3.05, 3.63) is 0 Å². The number of carbonyl (C=O) groups is 1. The number of amides is 1. The number of aliphatic hydroxyl groups excluding tert-OH is 11. The van der Waals surface area contributed by atoms with Gasteiger partial charge >= 0.3 is 0 Å². The van der Waals surface area contributed by atoms with Crippen molar-refractivity contribution in [2.75, 3.05) is 26.4 Å². The van der Waals surface area contributed by atoms with E-state index in [9.17, 15) is 61.0 Å². The van der Waals surface area contributed by atoms with Crippen LogP contribution >= 0.6 is 0 Å². The van der Waals surface area contributed by atoms with Crippen LogP contribution in [0, 0.1) is 0 Å². The van der Waals surface area contributed by atoms with E-state index in [1.54, 1.807) is 0 Å². The maximum Gasteiger partial charge on any atom is 0.220 e. The second-order valence-electron chi connectivity index (χ2n) is 18.3. The predicted octanol–water partition coefficient (Wildman–Crippen LogP) is 0.919. The highest BCUT2D eigenvalue weighted by atomic mass is 16.8. The number of nitrogens with one attached hydrogen (secondary N) is 1. The topological polar surface area (TPSA) is 307 Å². The Morgan fingerprint density at radius 2 is 0.877 bits per heavy atom. The molecule has 3 fully saturated rings. The van der Waals surface area contributed by atoms with Crippen LogP contribution in [0.25, 0.3) is 0 Å². The molecule has 3 saturated heterocycles. The van der Waals surface area contributed by atoms with Crippen LogP contribution < -0.4 is 5.32 Å². The standard InChI is InChI=1S/C46H87NO18/c1-3-5-7-9-11-13-14-15-16-17-19-21-23-30(51)29(47-34(52)24-22-20-18-12-10-8-6-4-2)28-60-44-40(58)37(55)42(32(26-49)62-44)65-46-41(59)38(56)43(33(27-50)63-46)64-45-39(57)36(54)35(53)31(25-48)61-45/h29-33,35-46,48-51,53-59H,3-28H2,1-2H3,(H,47,52). The van der Waals surface area contributed by atoms with Gasteiger partial charge in [0.1, 0.15) is 73.2 Å². The smallest absolute Gasteiger partial charge is 0.220 e. The molecule has 3 aliphatic heterocycles. The molecular weight excluding hydrogens is 854 g/mol. The van der Waals surface area contributed by atoms with E-state index in [0.29, 0.717) is 12.8 Å². The number of carbonyl (C=O) groups excluding carboxylic acids is 1. The van der Waals surface area contributed by atoms with Gasteiger partial charge < -0.3 is 89.9 Å². The Kier molecular flexibility index (Phi) is 29.1. The maximum atomic E-state index is 13.1. The molecule has 0 aliphatic carbocycles. The molecule has 3 rings (SSSR count). The molecule has 3 aliphatic rings. The molecular formula is C46H87NO18. The van der Waals surface area contributed by atoms with Crippen molar-refractivity contribution in [1.29, 1.82) is 0 Å². The maximum absolute atomic E-state index is 13.1. The Morgan fingerprint density at radius 1 is 0.492 bits per heavy atom. The Bertz CT molecular complexity index is 1220. The van der Waals surface area contributed by atoms with Crippen molar-refractivity contribution >= 4 is 5.91 Å². The zero-order valence-electron chi connectivity index (χ0n) is 39.0. The van der Waals surface area contributed by atoms with E-state index in [2.05, 4.69) is 19.2 Å². The molecule has 65 heavy (non-hydrogen) atoms. The number of hydrogen-bond donors (Lipinski definition) is 12. The molecule has 19 nitrogen and oxygen atoms in total. The zero-order chi connectivity index (χ0) is 47.7. The molecule has 1 amide bonds. The van der Waals surface area contributed by atoms with Gasteiger partial charge in [0.25, 0.3) is 0 Å². The summed E-state index contributed by atoms with van der Waals surface area (Å²) in [6, 6.07) is -0.875. The molecule has 19 heteroatoms.